The zero-order valence-electron chi connectivity index (χ0n) is 35.8. The van der Waals surface area contributed by atoms with Crippen LogP contribution in [0, 0.1) is 36.5 Å². The number of benzene rings is 4. The van der Waals surface area contributed by atoms with Crippen molar-refractivity contribution in [1.82, 2.24) is 29.5 Å². The molecule has 15 heteroatoms. The Balaban J connectivity index is 0.000000211. The van der Waals surface area contributed by atoms with E-state index in [9.17, 15) is 18.1 Å². The molecule has 0 fully saturated rings. The zero-order valence-corrected chi connectivity index (χ0v) is 36.6. The first-order valence-corrected chi connectivity index (χ1v) is 21.3. The maximum absolute atomic E-state index is 10.0. The summed E-state index contributed by atoms with van der Waals surface area (Å²) in [5.41, 5.74) is 12.9. The van der Waals surface area contributed by atoms with Crippen LogP contribution in [0.15, 0.2) is 146 Å². The molecule has 0 saturated carbocycles. The van der Waals surface area contributed by atoms with Gasteiger partial charge in [0.2, 0.25) is 0 Å². The smallest absolute Gasteiger partial charge is 0.508 e. The first-order valence-electron chi connectivity index (χ1n) is 19.7. The fraction of sp³-hybridized carbons (Fsp3) is 0.143. The molecule has 4 aromatic carbocycles. The molecule has 4 heterocycles. The highest BCUT2D eigenvalue weighted by Gasteiger charge is 2.17. The van der Waals surface area contributed by atoms with Crippen LogP contribution < -0.4 is 4.74 Å². The van der Waals surface area contributed by atoms with Crippen molar-refractivity contribution in [3.63, 3.8) is 0 Å². The predicted molar refractivity (Wildman–Crippen MR) is 250 cm³/mol. The number of ether oxygens (including phenoxy) is 1. The summed E-state index contributed by atoms with van der Waals surface area (Å²) in [6.07, 6.45) is 11.4. The number of aromatic nitrogens is 6. The van der Waals surface area contributed by atoms with Crippen LogP contribution >= 0.6 is 11.8 Å². The van der Waals surface area contributed by atoms with Crippen molar-refractivity contribution in [1.29, 1.82) is 10.5 Å². The van der Waals surface area contributed by atoms with Crippen LogP contribution in [-0.4, -0.2) is 61.8 Å². The lowest BCUT2D eigenvalue weighted by molar-refractivity contribution is 0.414. The lowest BCUT2D eigenvalue weighted by Gasteiger charge is -2.08. The number of halogens is 3. The molecule has 322 valence electrons. The van der Waals surface area contributed by atoms with E-state index < -0.39 is 7.54 Å². The van der Waals surface area contributed by atoms with Crippen LogP contribution in [-0.2, 0) is 13.1 Å². The summed E-state index contributed by atoms with van der Waals surface area (Å²) in [5.74, 6) is 0.968. The number of aromatic hydroxyl groups is 1. The first kappa shape index (κ1) is 47.4. The minimum atomic E-state index is -3.67. The van der Waals surface area contributed by atoms with Crippen molar-refractivity contribution in [2.24, 2.45) is 0 Å². The van der Waals surface area contributed by atoms with Gasteiger partial charge >= 0.3 is 7.54 Å². The largest absolute Gasteiger partial charge is 0.762 e. The molecule has 0 aliphatic heterocycles. The van der Waals surface area contributed by atoms with Gasteiger partial charge in [0.1, 0.15) is 36.0 Å². The van der Waals surface area contributed by atoms with E-state index in [0.29, 0.717) is 0 Å². The third-order valence-corrected chi connectivity index (χ3v) is 9.17. The van der Waals surface area contributed by atoms with Crippen molar-refractivity contribution >= 4 is 19.3 Å². The van der Waals surface area contributed by atoms with Crippen LogP contribution in [0.1, 0.15) is 11.1 Å². The highest BCUT2D eigenvalue weighted by Crippen LogP contribution is 2.36. The first-order chi connectivity index (χ1) is 31.0. The van der Waals surface area contributed by atoms with Gasteiger partial charge in [0.05, 0.1) is 30.6 Å². The molecule has 1 N–H and O–H groups in total. The molecule has 0 amide bonds. The summed E-state index contributed by atoms with van der Waals surface area (Å²) in [6.45, 7) is 4.29. The molecule has 0 spiro atoms. The molecule has 0 unspecified atom stereocenters. The minimum absolute atomic E-state index is 0.154. The zero-order chi connectivity index (χ0) is 46.0. The third kappa shape index (κ3) is 13.2. The Morgan fingerprint density at radius 3 is 1.44 bits per heavy atom. The van der Waals surface area contributed by atoms with Crippen LogP contribution in [0.5, 0.6) is 11.5 Å². The summed E-state index contributed by atoms with van der Waals surface area (Å²) in [7, 11) is -2.01. The summed E-state index contributed by atoms with van der Waals surface area (Å²) >= 11 is 1.75. The summed E-state index contributed by atoms with van der Waals surface area (Å²) in [5, 5.41) is 37.5. The van der Waals surface area contributed by atoms with Gasteiger partial charge in [-0.05, 0) is 109 Å². The topological polar surface area (TPSA) is 138 Å². The number of nitrogens with zero attached hydrogens (tertiary/aromatic N) is 8. The SMILES string of the molecule is COc1cc(C)cc(-c2nn(CC#N)cc2-c2ccnc(-c3ccccc3)c2)c1.CSC.Cc1cc(O)cc(-c2nn(CC#N)cc2-c2ccnc(-c3ccccc3)c2)c1.FB(F)F. The number of aryl methyl sites for hydroxylation is 2. The molecular formula is C49H44BF3N8O2S. The van der Waals surface area contributed by atoms with E-state index in [4.69, 9.17) is 15.3 Å². The number of phenolic OH excluding ortho intramolecular Hbond substituents is 1. The number of phenols is 1. The van der Waals surface area contributed by atoms with Gasteiger partial charge in [0, 0.05) is 58.2 Å². The third-order valence-electron chi connectivity index (χ3n) is 9.17. The molecule has 0 aliphatic rings. The van der Waals surface area contributed by atoms with Crippen LogP contribution in [0.25, 0.3) is 67.3 Å². The number of thioether (sulfide) groups is 1. The van der Waals surface area contributed by atoms with Crippen LogP contribution in [0.2, 0.25) is 0 Å². The molecule has 0 bridgehead atoms. The summed E-state index contributed by atoms with van der Waals surface area (Å²) in [4.78, 5) is 9.01. The normalized spacial score (nSPS) is 10.1. The van der Waals surface area contributed by atoms with Crippen molar-refractivity contribution in [2.75, 3.05) is 19.6 Å². The fourth-order valence-corrected chi connectivity index (χ4v) is 6.63. The molecule has 4 aromatic heterocycles. The lowest BCUT2D eigenvalue weighted by Crippen LogP contribution is -1.95. The van der Waals surface area contributed by atoms with E-state index in [1.54, 1.807) is 52.8 Å². The van der Waals surface area contributed by atoms with Crippen molar-refractivity contribution < 1.29 is 22.8 Å². The van der Waals surface area contributed by atoms with E-state index >= 15 is 0 Å². The van der Waals surface area contributed by atoms with Crippen molar-refractivity contribution in [2.45, 2.75) is 26.9 Å². The Hall–Kier alpha value is -7.62. The van der Waals surface area contributed by atoms with E-state index in [0.717, 1.165) is 84.2 Å². The lowest BCUT2D eigenvalue weighted by atomic mass is 9.99. The second-order valence-corrected chi connectivity index (χ2v) is 14.9. The summed E-state index contributed by atoms with van der Waals surface area (Å²) < 4.78 is 37.7. The molecule has 0 atom stereocenters. The van der Waals surface area contributed by atoms with Gasteiger partial charge in [0.15, 0.2) is 0 Å². The monoisotopic (exact) mass is 876 g/mol. The van der Waals surface area contributed by atoms with E-state index in [2.05, 4.69) is 44.4 Å². The standard InChI is InChI=1S/C24H20N4O.C23H18N4O.C2H6S.BF3/c1-17-12-20(14-21(13-17)29-2)24-22(16-28(27-24)11-9-25)19-8-10-26-23(15-19)18-6-4-3-5-7-18;1-16-11-19(13-20(28)12-16)23-21(15-27(26-23)10-8-24)18-7-9-25-22(14-18)17-5-3-2-4-6-17;1-3-2;2-1(3)4/h3-8,10,12-16H,11H2,1-2H3;2-7,9,11-15,28H,10H2,1H3;1-2H3;. The highest BCUT2D eigenvalue weighted by molar-refractivity contribution is 7.97. The van der Waals surface area contributed by atoms with Crippen LogP contribution in [0.3, 0.4) is 0 Å². The minimum Gasteiger partial charge on any atom is -0.508 e. The predicted octanol–water partition coefficient (Wildman–Crippen LogP) is 11.8. The van der Waals surface area contributed by atoms with Gasteiger partial charge in [-0.25, -0.2) is 0 Å². The van der Waals surface area contributed by atoms with Gasteiger partial charge in [-0.15, -0.1) is 0 Å². The average molecular weight is 877 g/mol. The maximum Gasteiger partial charge on any atom is 0.762 e. The Morgan fingerprint density at radius 1 is 0.609 bits per heavy atom. The van der Waals surface area contributed by atoms with Gasteiger partial charge in [-0.1, -0.05) is 60.7 Å². The van der Waals surface area contributed by atoms with E-state index in [1.165, 1.54) is 0 Å². The maximum atomic E-state index is 10.0. The summed E-state index contributed by atoms with van der Waals surface area (Å²) in [6, 6.07) is 43.7. The quantitative estimate of drug-likeness (QED) is 0.140. The number of methoxy groups -OCH3 is 1. The molecule has 10 nitrogen and oxygen atoms in total. The highest BCUT2D eigenvalue weighted by atomic mass is 32.2. The fourth-order valence-electron chi connectivity index (χ4n) is 6.63. The van der Waals surface area contributed by atoms with Gasteiger partial charge in [0.25, 0.3) is 0 Å². The Morgan fingerprint density at radius 2 is 1.03 bits per heavy atom. The number of rotatable bonds is 9. The molecular weight excluding hydrogens is 832 g/mol. The molecule has 0 radical (unpaired) electrons. The number of nitriles is 2. The van der Waals surface area contributed by atoms with Crippen molar-refractivity contribution in [3.8, 4) is 90.9 Å². The Bertz CT molecular complexity index is 2820. The van der Waals surface area contributed by atoms with Gasteiger partial charge in [-0.3, -0.25) is 32.3 Å². The number of pyridine rings is 2. The van der Waals surface area contributed by atoms with Crippen LogP contribution in [0.4, 0.5) is 12.9 Å². The van der Waals surface area contributed by atoms with E-state index in [-0.39, 0.29) is 18.8 Å². The van der Waals surface area contributed by atoms with E-state index in [1.807, 2.05) is 136 Å². The second-order valence-electron chi connectivity index (χ2n) is 14.0. The second kappa shape index (κ2) is 23.6. The van der Waals surface area contributed by atoms with Gasteiger partial charge in [-0.2, -0.15) is 32.5 Å². The molecule has 0 saturated heterocycles. The Labute approximate surface area is 375 Å². The Kier molecular flexibility index (Phi) is 17.5. The molecule has 8 rings (SSSR count). The van der Waals surface area contributed by atoms with Crippen molar-refractivity contribution in [3.05, 3.63) is 157 Å². The molecule has 0 aliphatic carbocycles. The molecule has 8 aromatic rings. The average Bonchev–Trinajstić information content (AvgIpc) is 3.92. The van der Waals surface area contributed by atoms with Gasteiger partial charge < -0.3 is 9.84 Å². The number of hydrogen-bond donors (Lipinski definition) is 1. The molecule has 64 heavy (non-hydrogen) atoms. The number of hydrogen-bond acceptors (Lipinski definition) is 9.